The first-order chi connectivity index (χ1) is 17.2. The first kappa shape index (κ1) is 27.7. The van der Waals surface area contributed by atoms with E-state index in [0.29, 0.717) is 0 Å². The van der Waals surface area contributed by atoms with Crippen LogP contribution in [0.5, 0.6) is 0 Å². The molecule has 0 bridgehead atoms. The second kappa shape index (κ2) is 14.6. The summed E-state index contributed by atoms with van der Waals surface area (Å²) in [5.41, 5.74) is 4.19. The molecule has 0 amide bonds. The number of rotatable bonds is 16. The molecular formula is C34H48P+. The van der Waals surface area contributed by atoms with Gasteiger partial charge in [-0.2, -0.15) is 0 Å². The fourth-order valence-electron chi connectivity index (χ4n) is 5.93. The molecule has 0 spiro atoms. The second-order valence-corrected chi connectivity index (χ2v) is 14.9. The highest BCUT2D eigenvalue weighted by Gasteiger charge is 2.39. The third kappa shape index (κ3) is 7.30. The van der Waals surface area contributed by atoms with Crippen molar-refractivity contribution < 1.29 is 0 Å². The lowest BCUT2D eigenvalue weighted by Gasteiger charge is -2.37. The second-order valence-electron chi connectivity index (χ2n) is 10.4. The van der Waals surface area contributed by atoms with Crippen LogP contribution >= 0.6 is 7.26 Å². The van der Waals surface area contributed by atoms with E-state index in [2.05, 4.69) is 112 Å². The highest BCUT2D eigenvalue weighted by Crippen LogP contribution is 2.62. The Labute approximate surface area is 216 Å². The molecule has 35 heavy (non-hydrogen) atoms. The Morgan fingerprint density at radius 2 is 0.771 bits per heavy atom. The van der Waals surface area contributed by atoms with Gasteiger partial charge < -0.3 is 0 Å². The maximum absolute atomic E-state index is 2.37. The van der Waals surface area contributed by atoms with Crippen molar-refractivity contribution in [3.05, 3.63) is 108 Å². The molecule has 0 aliphatic rings. The molecule has 0 aromatic heterocycles. The van der Waals surface area contributed by atoms with Crippen molar-refractivity contribution >= 4 is 7.26 Å². The maximum Gasteiger partial charge on any atom is 0.0594 e. The molecule has 0 saturated carbocycles. The lowest BCUT2D eigenvalue weighted by molar-refractivity contribution is 0.550. The quantitative estimate of drug-likeness (QED) is 0.139. The van der Waals surface area contributed by atoms with Crippen molar-refractivity contribution in [3.8, 4) is 0 Å². The van der Waals surface area contributed by atoms with E-state index in [9.17, 15) is 0 Å². The summed E-state index contributed by atoms with van der Waals surface area (Å²) in [6.45, 7) is 7.12. The van der Waals surface area contributed by atoms with Crippen molar-refractivity contribution in [3.63, 3.8) is 0 Å². The average Bonchev–Trinajstić information content (AvgIpc) is 2.93. The summed E-state index contributed by atoms with van der Waals surface area (Å²) < 4.78 is 0. The molecule has 0 unspecified atom stereocenters. The van der Waals surface area contributed by atoms with Gasteiger partial charge in [0.2, 0.25) is 0 Å². The minimum Gasteiger partial charge on any atom is -0.0652 e. The van der Waals surface area contributed by atoms with Gasteiger partial charge in [0, 0.05) is 12.7 Å². The highest BCUT2D eigenvalue weighted by molar-refractivity contribution is 7.75. The Morgan fingerprint density at radius 1 is 0.457 bits per heavy atom. The van der Waals surface area contributed by atoms with E-state index in [1.165, 1.54) is 92.7 Å². The van der Waals surface area contributed by atoms with Gasteiger partial charge in [-0.25, -0.2) is 0 Å². The summed E-state index contributed by atoms with van der Waals surface area (Å²) in [6.07, 6.45) is 16.7. The summed E-state index contributed by atoms with van der Waals surface area (Å²) >= 11 is 0. The van der Waals surface area contributed by atoms with Gasteiger partial charge in [-0.15, -0.1) is 0 Å². The SMILES string of the molecule is CCCC[P+](CCCC)(CCCC)CCCC(c1ccccc1)(c1ccccc1)c1ccccc1. The minimum absolute atomic E-state index is 0.0975. The Morgan fingerprint density at radius 3 is 1.09 bits per heavy atom. The van der Waals surface area contributed by atoms with Gasteiger partial charge in [0.1, 0.15) is 0 Å². The number of benzene rings is 3. The van der Waals surface area contributed by atoms with E-state index in [0.717, 1.165) is 0 Å². The van der Waals surface area contributed by atoms with Gasteiger partial charge in [0.05, 0.1) is 24.6 Å². The summed E-state index contributed by atoms with van der Waals surface area (Å²) in [6, 6.07) is 33.9. The van der Waals surface area contributed by atoms with Gasteiger partial charge >= 0.3 is 0 Å². The van der Waals surface area contributed by atoms with Crippen molar-refractivity contribution in [1.82, 2.24) is 0 Å². The smallest absolute Gasteiger partial charge is 0.0594 e. The molecule has 3 aromatic carbocycles. The van der Waals surface area contributed by atoms with Crippen LogP contribution in [0, 0.1) is 0 Å². The van der Waals surface area contributed by atoms with Crippen LogP contribution in [0.2, 0.25) is 0 Å². The van der Waals surface area contributed by atoms with E-state index in [1.807, 2.05) is 0 Å². The molecule has 1 heteroatoms. The van der Waals surface area contributed by atoms with Gasteiger partial charge in [-0.1, -0.05) is 131 Å². The summed E-state index contributed by atoms with van der Waals surface area (Å²) in [4.78, 5) is 0. The predicted octanol–water partition coefficient (Wildman–Crippen LogP) is 10.2. The van der Waals surface area contributed by atoms with Crippen LogP contribution in [0.3, 0.4) is 0 Å². The molecule has 0 nitrogen and oxygen atoms in total. The summed E-state index contributed by atoms with van der Waals surface area (Å²) in [5.74, 6) is 0. The third-order valence-corrected chi connectivity index (χ3v) is 13.0. The van der Waals surface area contributed by atoms with Gasteiger partial charge in [0.25, 0.3) is 0 Å². The number of hydrogen-bond donors (Lipinski definition) is 0. The zero-order chi connectivity index (χ0) is 24.8. The molecule has 0 heterocycles. The van der Waals surface area contributed by atoms with E-state index in [-0.39, 0.29) is 5.41 Å². The molecule has 0 radical (unpaired) electrons. The normalized spacial score (nSPS) is 12.1. The average molecular weight is 488 g/mol. The molecule has 3 rings (SSSR count). The lowest BCUT2D eigenvalue weighted by atomic mass is 9.67. The van der Waals surface area contributed by atoms with Gasteiger partial charge in [-0.3, -0.25) is 0 Å². The third-order valence-electron chi connectivity index (χ3n) is 7.94. The standard InChI is InChI=1S/C34H48P/c1-4-7-27-35(28-8-5-2,29-9-6-3)30-19-26-34(31-20-13-10-14-21-31,32-22-15-11-16-23-32)33-24-17-12-18-25-33/h10-18,20-25H,4-9,19,26-30H2,1-3H3/q+1. The van der Waals surface area contributed by atoms with Crippen LogP contribution in [0.4, 0.5) is 0 Å². The van der Waals surface area contributed by atoms with Crippen molar-refractivity contribution in [2.45, 2.75) is 77.6 Å². The first-order valence-electron chi connectivity index (χ1n) is 14.2. The molecule has 0 fully saturated rings. The summed E-state index contributed by atoms with van der Waals surface area (Å²) in [5, 5.41) is 0. The maximum atomic E-state index is 2.37. The zero-order valence-corrected chi connectivity index (χ0v) is 23.5. The molecule has 188 valence electrons. The Bertz CT molecular complexity index is 814. The van der Waals surface area contributed by atoms with Gasteiger partial charge in [0.15, 0.2) is 0 Å². The van der Waals surface area contributed by atoms with E-state index in [4.69, 9.17) is 0 Å². The predicted molar refractivity (Wildman–Crippen MR) is 160 cm³/mol. The van der Waals surface area contributed by atoms with Crippen molar-refractivity contribution in [2.75, 3.05) is 24.6 Å². The van der Waals surface area contributed by atoms with Crippen LogP contribution in [-0.4, -0.2) is 24.6 Å². The molecule has 0 N–H and O–H groups in total. The fraction of sp³-hybridized carbons (Fsp3) is 0.471. The molecule has 0 saturated heterocycles. The summed E-state index contributed by atoms with van der Waals surface area (Å²) in [7, 11) is -0.906. The number of unbranched alkanes of at least 4 members (excludes halogenated alkanes) is 3. The molecule has 3 aromatic rings. The Hall–Kier alpha value is -1.91. The van der Waals surface area contributed by atoms with E-state index >= 15 is 0 Å². The zero-order valence-electron chi connectivity index (χ0n) is 22.6. The van der Waals surface area contributed by atoms with Crippen LogP contribution in [0.15, 0.2) is 91.0 Å². The monoisotopic (exact) mass is 487 g/mol. The van der Waals surface area contributed by atoms with Crippen molar-refractivity contribution in [1.29, 1.82) is 0 Å². The molecule has 0 atom stereocenters. The topological polar surface area (TPSA) is 0 Å². The van der Waals surface area contributed by atoms with Crippen LogP contribution in [-0.2, 0) is 5.41 Å². The first-order valence-corrected chi connectivity index (χ1v) is 16.8. The molecule has 0 aliphatic carbocycles. The largest absolute Gasteiger partial charge is 0.0652 e. The Kier molecular flexibility index (Phi) is 11.5. The van der Waals surface area contributed by atoms with Crippen molar-refractivity contribution in [2.24, 2.45) is 0 Å². The van der Waals surface area contributed by atoms with E-state index < -0.39 is 7.26 Å². The van der Waals surface area contributed by atoms with Gasteiger partial charge in [-0.05, 0) is 48.8 Å². The Balaban J connectivity index is 2.00. The fourth-order valence-corrected chi connectivity index (χ4v) is 11.1. The highest BCUT2D eigenvalue weighted by atomic mass is 31.2. The molecule has 0 aliphatic heterocycles. The lowest BCUT2D eigenvalue weighted by Crippen LogP contribution is -2.30. The van der Waals surface area contributed by atoms with Crippen LogP contribution in [0.25, 0.3) is 0 Å². The van der Waals surface area contributed by atoms with E-state index in [1.54, 1.807) is 0 Å². The minimum atomic E-state index is -0.906. The van der Waals surface area contributed by atoms with Crippen LogP contribution in [0.1, 0.15) is 88.8 Å². The molecular weight excluding hydrogens is 439 g/mol. The number of hydrogen-bond acceptors (Lipinski definition) is 0. The van der Waals surface area contributed by atoms with Crippen LogP contribution < -0.4 is 0 Å².